The molecule has 9 heteroatoms. The van der Waals surface area contributed by atoms with Crippen molar-refractivity contribution in [1.29, 1.82) is 5.41 Å². The molecule has 21 heavy (non-hydrogen) atoms. The van der Waals surface area contributed by atoms with Crippen molar-refractivity contribution >= 4 is 11.7 Å². The standard InChI is InChI=1S/C12H12F4N4O/c13-7-3-1-2-6(10(7)14)5-20-9(21-12(15)16)4-8(17)11(18)19/h1-4,12H,5,17H2,(H3,18,19). The second-order valence-corrected chi connectivity index (χ2v) is 3.76. The molecular weight excluding hydrogens is 292 g/mol. The molecule has 5 nitrogen and oxygen atoms in total. The van der Waals surface area contributed by atoms with Crippen molar-refractivity contribution in [2.24, 2.45) is 16.5 Å². The summed E-state index contributed by atoms with van der Waals surface area (Å²) >= 11 is 0. The van der Waals surface area contributed by atoms with Crippen LogP contribution >= 0.6 is 0 Å². The van der Waals surface area contributed by atoms with Gasteiger partial charge in [-0.05, 0) is 6.07 Å². The van der Waals surface area contributed by atoms with Gasteiger partial charge in [-0.15, -0.1) is 0 Å². The molecule has 0 aliphatic heterocycles. The summed E-state index contributed by atoms with van der Waals surface area (Å²) in [5, 5.41) is 7.01. The van der Waals surface area contributed by atoms with Gasteiger partial charge in [0.15, 0.2) is 11.6 Å². The van der Waals surface area contributed by atoms with Crippen LogP contribution in [0.1, 0.15) is 5.56 Å². The van der Waals surface area contributed by atoms with Crippen LogP contribution in [-0.2, 0) is 11.3 Å². The Morgan fingerprint density at radius 3 is 2.57 bits per heavy atom. The van der Waals surface area contributed by atoms with E-state index in [1.807, 2.05) is 0 Å². The predicted molar refractivity (Wildman–Crippen MR) is 68.8 cm³/mol. The number of hydrogen-bond donors (Lipinski definition) is 3. The lowest BCUT2D eigenvalue weighted by atomic mass is 10.2. The number of aliphatic imine (C=N–C) groups is 1. The van der Waals surface area contributed by atoms with E-state index in [2.05, 4.69) is 9.73 Å². The first kappa shape index (κ1) is 16.5. The Morgan fingerprint density at radius 1 is 1.33 bits per heavy atom. The van der Waals surface area contributed by atoms with E-state index in [4.69, 9.17) is 16.9 Å². The molecule has 0 unspecified atom stereocenters. The number of halogens is 4. The molecule has 0 spiro atoms. The van der Waals surface area contributed by atoms with Crippen molar-refractivity contribution in [1.82, 2.24) is 0 Å². The molecule has 1 rings (SSSR count). The van der Waals surface area contributed by atoms with Gasteiger partial charge in [0, 0.05) is 11.6 Å². The summed E-state index contributed by atoms with van der Waals surface area (Å²) in [6.07, 6.45) is 0.797. The average Bonchev–Trinajstić information content (AvgIpc) is 2.39. The highest BCUT2D eigenvalue weighted by atomic mass is 19.3. The van der Waals surface area contributed by atoms with E-state index in [1.54, 1.807) is 0 Å². The summed E-state index contributed by atoms with van der Waals surface area (Å²) < 4.78 is 54.8. The molecule has 0 aliphatic rings. The van der Waals surface area contributed by atoms with Crippen molar-refractivity contribution in [3.05, 3.63) is 47.2 Å². The van der Waals surface area contributed by atoms with Gasteiger partial charge in [-0.3, -0.25) is 5.41 Å². The van der Waals surface area contributed by atoms with Crippen LogP contribution in [-0.4, -0.2) is 18.3 Å². The minimum atomic E-state index is -3.20. The quantitative estimate of drug-likeness (QED) is 0.440. The fourth-order valence-corrected chi connectivity index (χ4v) is 1.25. The van der Waals surface area contributed by atoms with E-state index in [-0.39, 0.29) is 11.3 Å². The maximum Gasteiger partial charge on any atom is 0.388 e. The van der Waals surface area contributed by atoms with Gasteiger partial charge in [-0.2, -0.15) is 8.78 Å². The SMILES string of the molecule is N=C(N)C(N)=CC(=NCc1cccc(F)c1F)OC(F)F. The van der Waals surface area contributed by atoms with Crippen molar-refractivity contribution in [2.75, 3.05) is 0 Å². The number of nitrogens with zero attached hydrogens (tertiary/aromatic N) is 1. The third-order valence-electron chi connectivity index (χ3n) is 2.24. The van der Waals surface area contributed by atoms with Gasteiger partial charge in [-0.1, -0.05) is 12.1 Å². The van der Waals surface area contributed by atoms with E-state index in [1.165, 1.54) is 12.1 Å². The van der Waals surface area contributed by atoms with Gasteiger partial charge >= 0.3 is 6.61 Å². The first-order chi connectivity index (χ1) is 9.81. The molecule has 0 radical (unpaired) electrons. The lowest BCUT2D eigenvalue weighted by molar-refractivity contribution is -0.0595. The van der Waals surface area contributed by atoms with Crippen LogP contribution < -0.4 is 11.5 Å². The largest absolute Gasteiger partial charge is 0.417 e. The summed E-state index contributed by atoms with van der Waals surface area (Å²) in [5.74, 6) is -3.45. The Morgan fingerprint density at radius 2 is 2.00 bits per heavy atom. The lowest BCUT2D eigenvalue weighted by Crippen LogP contribution is -2.21. The molecule has 1 aromatic carbocycles. The maximum absolute atomic E-state index is 13.4. The van der Waals surface area contributed by atoms with Crippen LogP contribution in [0, 0.1) is 17.0 Å². The van der Waals surface area contributed by atoms with Gasteiger partial charge in [-0.25, -0.2) is 13.8 Å². The zero-order chi connectivity index (χ0) is 16.0. The number of benzene rings is 1. The Kier molecular flexibility index (Phi) is 5.70. The molecule has 114 valence electrons. The Balaban J connectivity index is 3.00. The highest BCUT2D eigenvalue weighted by Crippen LogP contribution is 2.13. The molecule has 0 amide bonds. The number of rotatable bonds is 5. The first-order valence-electron chi connectivity index (χ1n) is 5.55. The molecule has 0 saturated carbocycles. The second-order valence-electron chi connectivity index (χ2n) is 3.76. The van der Waals surface area contributed by atoms with E-state index in [0.717, 1.165) is 12.1 Å². The smallest absolute Gasteiger partial charge is 0.388 e. The molecule has 0 heterocycles. The van der Waals surface area contributed by atoms with E-state index < -0.39 is 36.5 Å². The van der Waals surface area contributed by atoms with Crippen LogP contribution in [0.2, 0.25) is 0 Å². The minimum Gasteiger partial charge on any atom is -0.417 e. The molecule has 0 bridgehead atoms. The molecule has 0 aliphatic carbocycles. The monoisotopic (exact) mass is 304 g/mol. The molecule has 0 atom stereocenters. The van der Waals surface area contributed by atoms with Gasteiger partial charge in [0.1, 0.15) is 5.84 Å². The highest BCUT2D eigenvalue weighted by molar-refractivity contribution is 6.00. The maximum atomic E-state index is 13.4. The summed E-state index contributed by atoms with van der Waals surface area (Å²) in [4.78, 5) is 3.56. The number of hydrogen-bond acceptors (Lipinski definition) is 4. The predicted octanol–water partition coefficient (Wildman–Crippen LogP) is 1.88. The van der Waals surface area contributed by atoms with Gasteiger partial charge in [0.25, 0.3) is 0 Å². The van der Waals surface area contributed by atoms with Crippen molar-refractivity contribution in [2.45, 2.75) is 13.2 Å². The molecule has 5 N–H and O–H groups in total. The van der Waals surface area contributed by atoms with Gasteiger partial charge in [0.05, 0.1) is 12.2 Å². The van der Waals surface area contributed by atoms with Crippen molar-refractivity contribution in [3.8, 4) is 0 Å². The average molecular weight is 304 g/mol. The molecular formula is C12H12F4N4O. The van der Waals surface area contributed by atoms with Crippen LogP contribution in [0.5, 0.6) is 0 Å². The fraction of sp³-hybridized carbons (Fsp3) is 0.167. The summed E-state index contributed by atoms with van der Waals surface area (Å²) in [7, 11) is 0. The van der Waals surface area contributed by atoms with E-state index in [9.17, 15) is 17.6 Å². The molecule has 0 aromatic heterocycles. The molecule has 0 saturated heterocycles. The second kappa shape index (κ2) is 7.27. The molecule has 0 fully saturated rings. The third kappa shape index (κ3) is 5.13. The summed E-state index contributed by atoms with van der Waals surface area (Å²) in [5.41, 5.74) is 9.83. The Bertz CT molecular complexity index is 587. The zero-order valence-corrected chi connectivity index (χ0v) is 10.6. The Hall–Kier alpha value is -2.58. The zero-order valence-electron chi connectivity index (χ0n) is 10.6. The number of ether oxygens (including phenoxy) is 1. The number of alkyl halides is 2. The van der Waals surface area contributed by atoms with Crippen LogP contribution in [0.4, 0.5) is 17.6 Å². The number of nitrogens with one attached hydrogen (secondary N) is 1. The van der Waals surface area contributed by atoms with Crippen LogP contribution in [0.15, 0.2) is 35.0 Å². The number of amidine groups is 1. The Labute approximate surface area is 117 Å². The van der Waals surface area contributed by atoms with E-state index in [0.29, 0.717) is 0 Å². The highest BCUT2D eigenvalue weighted by Gasteiger charge is 2.10. The van der Waals surface area contributed by atoms with Crippen molar-refractivity contribution in [3.63, 3.8) is 0 Å². The molecule has 1 aromatic rings. The fourth-order valence-electron chi connectivity index (χ4n) is 1.25. The van der Waals surface area contributed by atoms with Crippen molar-refractivity contribution < 1.29 is 22.3 Å². The minimum absolute atomic E-state index is 0.153. The normalized spacial score (nSPS) is 12.6. The van der Waals surface area contributed by atoms with Gasteiger partial charge < -0.3 is 16.2 Å². The summed E-state index contributed by atoms with van der Waals surface area (Å²) in [6.45, 7) is -3.65. The van der Waals surface area contributed by atoms with Crippen LogP contribution in [0.3, 0.4) is 0 Å². The topological polar surface area (TPSA) is 97.5 Å². The van der Waals surface area contributed by atoms with E-state index >= 15 is 0 Å². The number of nitrogens with two attached hydrogens (primary N) is 2. The third-order valence-corrected chi connectivity index (χ3v) is 2.24. The van der Waals surface area contributed by atoms with Gasteiger partial charge in [0.2, 0.25) is 5.90 Å². The lowest BCUT2D eigenvalue weighted by Gasteiger charge is -2.06. The van der Waals surface area contributed by atoms with Crippen LogP contribution in [0.25, 0.3) is 0 Å². The summed E-state index contributed by atoms with van der Waals surface area (Å²) in [6, 6.07) is 3.39. The first-order valence-corrected chi connectivity index (χ1v) is 5.55.